The van der Waals surface area contributed by atoms with Gasteiger partial charge in [0.2, 0.25) is 0 Å². The average molecular weight is 273 g/mol. The van der Waals surface area contributed by atoms with E-state index >= 15 is 0 Å². The molecule has 0 aliphatic rings. The van der Waals surface area contributed by atoms with Crippen LogP contribution in [0.25, 0.3) is 0 Å². The summed E-state index contributed by atoms with van der Waals surface area (Å²) in [6.07, 6.45) is -0.432. The zero-order chi connectivity index (χ0) is 14.7. The first kappa shape index (κ1) is 13.7. The molecule has 0 aliphatic heterocycles. The van der Waals surface area contributed by atoms with Crippen molar-refractivity contribution < 1.29 is 19.1 Å². The van der Waals surface area contributed by atoms with Crippen molar-refractivity contribution in [3.63, 3.8) is 0 Å². The lowest BCUT2D eigenvalue weighted by Crippen LogP contribution is -2.11. The third-order valence-corrected chi connectivity index (χ3v) is 2.85. The van der Waals surface area contributed by atoms with Gasteiger partial charge < -0.3 is 10.8 Å². The molecule has 0 aromatic heterocycles. The van der Waals surface area contributed by atoms with Gasteiger partial charge in [-0.15, -0.1) is 0 Å². The minimum atomic E-state index is -1.14. The normalized spacial score (nSPS) is 10.2. The topological polar surface area (TPSA) is 80.4 Å². The summed E-state index contributed by atoms with van der Waals surface area (Å²) in [5.41, 5.74) is 6.23. The van der Waals surface area contributed by atoms with Gasteiger partial charge in [0.15, 0.2) is 5.78 Å². The standard InChI is InChI=1S/C15H12FNO3/c16-11-6-10(7-13(18)19)14(17)12(8-11)15(20)9-4-2-1-3-5-9/h1-6,8H,7,17H2,(H,18,19). The zero-order valence-corrected chi connectivity index (χ0v) is 10.5. The molecule has 0 bridgehead atoms. The highest BCUT2D eigenvalue weighted by molar-refractivity contribution is 6.12. The van der Waals surface area contributed by atoms with Gasteiger partial charge in [-0.05, 0) is 17.7 Å². The van der Waals surface area contributed by atoms with E-state index in [9.17, 15) is 14.0 Å². The maximum atomic E-state index is 13.5. The van der Waals surface area contributed by atoms with E-state index < -0.39 is 24.0 Å². The molecule has 3 N–H and O–H groups in total. The fraction of sp³-hybridized carbons (Fsp3) is 0.0667. The molecule has 0 radical (unpaired) electrons. The smallest absolute Gasteiger partial charge is 0.307 e. The molecule has 0 saturated carbocycles. The Balaban J connectivity index is 2.49. The van der Waals surface area contributed by atoms with E-state index in [1.807, 2.05) is 0 Å². The molecule has 0 spiro atoms. The van der Waals surface area contributed by atoms with Gasteiger partial charge in [0.25, 0.3) is 0 Å². The molecule has 102 valence electrons. The minimum absolute atomic E-state index is 0.00246. The van der Waals surface area contributed by atoms with Crippen molar-refractivity contribution in [3.8, 4) is 0 Å². The van der Waals surface area contributed by atoms with Crippen molar-refractivity contribution in [2.45, 2.75) is 6.42 Å². The highest BCUT2D eigenvalue weighted by Gasteiger charge is 2.17. The number of aliphatic carboxylic acids is 1. The second-order valence-corrected chi connectivity index (χ2v) is 4.29. The maximum Gasteiger partial charge on any atom is 0.307 e. The summed E-state index contributed by atoms with van der Waals surface area (Å²) in [4.78, 5) is 23.0. The Kier molecular flexibility index (Phi) is 3.79. The lowest BCUT2D eigenvalue weighted by molar-refractivity contribution is -0.136. The molecule has 2 rings (SSSR count). The highest BCUT2D eigenvalue weighted by atomic mass is 19.1. The first-order valence-corrected chi connectivity index (χ1v) is 5.88. The van der Waals surface area contributed by atoms with Crippen LogP contribution in [0.4, 0.5) is 10.1 Å². The second kappa shape index (κ2) is 5.52. The van der Waals surface area contributed by atoms with Crippen LogP contribution >= 0.6 is 0 Å². The number of anilines is 1. The Labute approximate surface area is 114 Å². The van der Waals surface area contributed by atoms with Crippen LogP contribution in [0.2, 0.25) is 0 Å². The number of carboxylic acids is 1. The van der Waals surface area contributed by atoms with Crippen LogP contribution < -0.4 is 5.73 Å². The van der Waals surface area contributed by atoms with E-state index in [-0.39, 0.29) is 16.8 Å². The molecule has 0 amide bonds. The lowest BCUT2D eigenvalue weighted by Gasteiger charge is -2.10. The molecule has 0 unspecified atom stereocenters. The quantitative estimate of drug-likeness (QED) is 0.661. The molecule has 5 heteroatoms. The lowest BCUT2D eigenvalue weighted by atomic mass is 9.97. The van der Waals surface area contributed by atoms with Gasteiger partial charge in [0.05, 0.1) is 6.42 Å². The van der Waals surface area contributed by atoms with Crippen molar-refractivity contribution in [2.24, 2.45) is 0 Å². The van der Waals surface area contributed by atoms with Crippen LogP contribution in [0.1, 0.15) is 21.5 Å². The summed E-state index contributed by atoms with van der Waals surface area (Å²) in [6.45, 7) is 0. The third-order valence-electron chi connectivity index (χ3n) is 2.85. The molecule has 20 heavy (non-hydrogen) atoms. The number of carboxylic acid groups (broad SMARTS) is 1. The largest absolute Gasteiger partial charge is 0.481 e. The van der Waals surface area contributed by atoms with E-state index in [1.165, 1.54) is 0 Å². The number of rotatable bonds is 4. The molecule has 4 nitrogen and oxygen atoms in total. The van der Waals surface area contributed by atoms with Crippen LogP contribution in [0.5, 0.6) is 0 Å². The number of hydrogen-bond acceptors (Lipinski definition) is 3. The van der Waals surface area contributed by atoms with E-state index in [4.69, 9.17) is 10.8 Å². The van der Waals surface area contributed by atoms with E-state index in [1.54, 1.807) is 30.3 Å². The Morgan fingerprint density at radius 3 is 2.40 bits per heavy atom. The average Bonchev–Trinajstić information content (AvgIpc) is 2.42. The summed E-state index contributed by atoms with van der Waals surface area (Å²) in [7, 11) is 0. The van der Waals surface area contributed by atoms with Crippen LogP contribution in [-0.2, 0) is 11.2 Å². The summed E-state index contributed by atoms with van der Waals surface area (Å²) >= 11 is 0. The number of ketones is 1. The third kappa shape index (κ3) is 2.83. The van der Waals surface area contributed by atoms with Gasteiger partial charge in [-0.2, -0.15) is 0 Å². The van der Waals surface area contributed by atoms with Crippen molar-refractivity contribution >= 4 is 17.4 Å². The number of nitrogen functional groups attached to an aromatic ring is 1. The SMILES string of the molecule is Nc1c(CC(=O)O)cc(F)cc1C(=O)c1ccccc1. The van der Waals surface area contributed by atoms with E-state index in [2.05, 4.69) is 0 Å². The van der Waals surface area contributed by atoms with E-state index in [0.717, 1.165) is 12.1 Å². The number of halogens is 1. The summed E-state index contributed by atoms with van der Waals surface area (Å²) < 4.78 is 13.5. The predicted molar refractivity (Wildman–Crippen MR) is 72.0 cm³/mol. The number of carbonyl (C=O) groups excluding carboxylic acids is 1. The molecule has 2 aromatic carbocycles. The summed E-state index contributed by atoms with van der Waals surface area (Å²) in [6, 6.07) is 10.3. The molecular weight excluding hydrogens is 261 g/mol. The van der Waals surface area contributed by atoms with Crippen molar-refractivity contribution in [2.75, 3.05) is 5.73 Å². The van der Waals surface area contributed by atoms with Crippen LogP contribution in [0.3, 0.4) is 0 Å². The van der Waals surface area contributed by atoms with Crippen molar-refractivity contribution in [1.29, 1.82) is 0 Å². The molecule has 0 heterocycles. The molecule has 0 aliphatic carbocycles. The number of hydrogen-bond donors (Lipinski definition) is 2. The van der Waals surface area contributed by atoms with Crippen LogP contribution in [0, 0.1) is 5.82 Å². The molecule has 0 atom stereocenters. The number of benzene rings is 2. The number of nitrogens with two attached hydrogens (primary N) is 1. The predicted octanol–water partition coefficient (Wildman–Crippen LogP) is 2.27. The first-order chi connectivity index (χ1) is 9.49. The van der Waals surface area contributed by atoms with Gasteiger partial charge >= 0.3 is 5.97 Å². The minimum Gasteiger partial charge on any atom is -0.481 e. The Hall–Kier alpha value is -2.69. The van der Waals surface area contributed by atoms with Gasteiger partial charge in [-0.25, -0.2) is 4.39 Å². The van der Waals surface area contributed by atoms with Crippen molar-refractivity contribution in [1.82, 2.24) is 0 Å². The highest BCUT2D eigenvalue weighted by Crippen LogP contribution is 2.23. The van der Waals surface area contributed by atoms with Crippen LogP contribution in [0.15, 0.2) is 42.5 Å². The fourth-order valence-corrected chi connectivity index (χ4v) is 1.92. The zero-order valence-electron chi connectivity index (χ0n) is 10.5. The summed E-state index contributed by atoms with van der Waals surface area (Å²) in [5, 5.41) is 8.77. The summed E-state index contributed by atoms with van der Waals surface area (Å²) in [5.74, 6) is -2.26. The first-order valence-electron chi connectivity index (χ1n) is 5.88. The van der Waals surface area contributed by atoms with Gasteiger partial charge in [0, 0.05) is 16.8 Å². The van der Waals surface area contributed by atoms with Gasteiger partial charge in [0.1, 0.15) is 5.82 Å². The molecule has 0 fully saturated rings. The van der Waals surface area contributed by atoms with Gasteiger partial charge in [-0.3, -0.25) is 9.59 Å². The Morgan fingerprint density at radius 1 is 1.15 bits per heavy atom. The van der Waals surface area contributed by atoms with E-state index in [0.29, 0.717) is 5.56 Å². The fourth-order valence-electron chi connectivity index (χ4n) is 1.92. The van der Waals surface area contributed by atoms with Gasteiger partial charge in [-0.1, -0.05) is 30.3 Å². The van der Waals surface area contributed by atoms with Crippen LogP contribution in [-0.4, -0.2) is 16.9 Å². The maximum absolute atomic E-state index is 13.5. The molecular formula is C15H12FNO3. The Bertz CT molecular complexity index is 668. The number of carbonyl (C=O) groups is 2. The van der Waals surface area contributed by atoms with Crippen molar-refractivity contribution in [3.05, 3.63) is 65.0 Å². The monoisotopic (exact) mass is 273 g/mol. The second-order valence-electron chi connectivity index (χ2n) is 4.29. The molecule has 0 saturated heterocycles. The molecule has 2 aromatic rings. The Morgan fingerprint density at radius 2 is 1.80 bits per heavy atom.